The summed E-state index contributed by atoms with van der Waals surface area (Å²) in [4.78, 5) is 2.51. The van der Waals surface area contributed by atoms with Gasteiger partial charge in [-0.3, -0.25) is 4.90 Å². The van der Waals surface area contributed by atoms with Crippen molar-refractivity contribution in [2.24, 2.45) is 0 Å². The van der Waals surface area contributed by atoms with E-state index in [4.69, 9.17) is 4.74 Å². The van der Waals surface area contributed by atoms with Gasteiger partial charge in [0.05, 0.1) is 6.61 Å². The van der Waals surface area contributed by atoms with Crippen LogP contribution in [-0.4, -0.2) is 36.7 Å². The highest BCUT2D eigenvalue weighted by Crippen LogP contribution is 2.16. The summed E-state index contributed by atoms with van der Waals surface area (Å²) in [5, 5.41) is 3.56. The molecule has 0 aliphatic carbocycles. The number of ether oxygens (including phenoxy) is 1. The Hall–Kier alpha value is -0.770. The molecule has 0 spiro atoms. The largest absolute Gasteiger partial charge is 0.494 e. The number of hydrogen-bond acceptors (Lipinski definition) is 3. The van der Waals surface area contributed by atoms with Crippen LogP contribution in [-0.2, 0) is 6.54 Å². The first-order valence-electron chi connectivity index (χ1n) is 6.87. The molecule has 2 unspecified atom stereocenters. The Balaban J connectivity index is 0.00000180. The summed E-state index contributed by atoms with van der Waals surface area (Å²) in [6, 6.07) is 9.58. The van der Waals surface area contributed by atoms with Crippen LogP contribution in [0, 0.1) is 0 Å². The van der Waals surface area contributed by atoms with Gasteiger partial charge in [0.15, 0.2) is 0 Å². The van der Waals surface area contributed by atoms with E-state index in [2.05, 4.69) is 42.3 Å². The average Bonchev–Trinajstić information content (AvgIpc) is 2.28. The second-order valence-electron chi connectivity index (χ2n) is 5.24. The smallest absolute Gasteiger partial charge is 0.119 e. The van der Waals surface area contributed by atoms with E-state index in [0.717, 1.165) is 32.0 Å². The zero-order valence-corrected chi connectivity index (χ0v) is 12.9. The number of hydrogen-bond donors (Lipinski definition) is 1. The van der Waals surface area contributed by atoms with Crippen LogP contribution < -0.4 is 10.1 Å². The Kier molecular flexibility index (Phi) is 6.63. The van der Waals surface area contributed by atoms with Gasteiger partial charge in [-0.1, -0.05) is 12.1 Å². The van der Waals surface area contributed by atoms with E-state index in [0.29, 0.717) is 12.1 Å². The van der Waals surface area contributed by atoms with E-state index in [1.807, 2.05) is 13.0 Å². The molecule has 108 valence electrons. The summed E-state index contributed by atoms with van der Waals surface area (Å²) < 4.78 is 5.55. The summed E-state index contributed by atoms with van der Waals surface area (Å²) in [5.74, 6) is 0.978. The van der Waals surface area contributed by atoms with E-state index >= 15 is 0 Å². The fourth-order valence-electron chi connectivity index (χ4n) is 2.73. The lowest BCUT2D eigenvalue weighted by molar-refractivity contribution is 0.166. The number of piperazine rings is 1. The molecule has 19 heavy (non-hydrogen) atoms. The molecular formula is C15H25ClN2O. The Bertz CT molecular complexity index is 376. The first kappa shape index (κ1) is 16.3. The summed E-state index contributed by atoms with van der Waals surface area (Å²) >= 11 is 0. The molecule has 1 N–H and O–H groups in total. The second kappa shape index (κ2) is 7.73. The normalized spacial score (nSPS) is 23.7. The van der Waals surface area contributed by atoms with Crippen molar-refractivity contribution in [1.82, 2.24) is 10.2 Å². The van der Waals surface area contributed by atoms with Crippen molar-refractivity contribution >= 4 is 12.4 Å². The van der Waals surface area contributed by atoms with Crippen molar-refractivity contribution in [3.8, 4) is 5.75 Å². The third-order valence-electron chi connectivity index (χ3n) is 3.25. The Labute approximate surface area is 122 Å². The highest BCUT2D eigenvalue weighted by atomic mass is 35.5. The summed E-state index contributed by atoms with van der Waals surface area (Å²) in [7, 11) is 0. The van der Waals surface area contributed by atoms with Gasteiger partial charge >= 0.3 is 0 Å². The van der Waals surface area contributed by atoms with Gasteiger partial charge in [0.2, 0.25) is 0 Å². The van der Waals surface area contributed by atoms with Crippen LogP contribution in [0.3, 0.4) is 0 Å². The molecule has 1 heterocycles. The van der Waals surface area contributed by atoms with Crippen molar-refractivity contribution < 1.29 is 4.74 Å². The zero-order valence-electron chi connectivity index (χ0n) is 12.1. The molecule has 1 fully saturated rings. The maximum Gasteiger partial charge on any atom is 0.119 e. The van der Waals surface area contributed by atoms with E-state index in [1.165, 1.54) is 5.56 Å². The Morgan fingerprint density at radius 1 is 1.26 bits per heavy atom. The van der Waals surface area contributed by atoms with Crippen molar-refractivity contribution in [2.75, 3.05) is 19.7 Å². The van der Waals surface area contributed by atoms with Crippen molar-refractivity contribution in [3.63, 3.8) is 0 Å². The van der Waals surface area contributed by atoms with Crippen LogP contribution in [0.25, 0.3) is 0 Å². The zero-order chi connectivity index (χ0) is 13.0. The standard InChI is InChI=1S/C15H24N2O.ClH/c1-4-18-15-7-5-6-14(8-15)11-17-9-12(2)16-13(3)10-17;/h5-8,12-13,16H,4,9-11H2,1-3H3;1H. The number of nitrogens with zero attached hydrogens (tertiary/aromatic N) is 1. The second-order valence-corrected chi connectivity index (χ2v) is 5.24. The van der Waals surface area contributed by atoms with Crippen LogP contribution in [0.4, 0.5) is 0 Å². The predicted octanol–water partition coefficient (Wildman–Crippen LogP) is 2.69. The monoisotopic (exact) mass is 284 g/mol. The predicted molar refractivity (Wildman–Crippen MR) is 82.2 cm³/mol. The molecule has 0 saturated carbocycles. The van der Waals surface area contributed by atoms with Crippen LogP contribution in [0.5, 0.6) is 5.75 Å². The minimum atomic E-state index is 0. The van der Waals surface area contributed by atoms with Gasteiger partial charge in [-0.05, 0) is 38.5 Å². The molecule has 1 aliphatic rings. The number of rotatable bonds is 4. The molecule has 2 rings (SSSR count). The molecule has 1 aromatic rings. The highest BCUT2D eigenvalue weighted by Gasteiger charge is 2.20. The molecule has 0 radical (unpaired) electrons. The van der Waals surface area contributed by atoms with Crippen LogP contribution in [0.15, 0.2) is 24.3 Å². The first-order valence-corrected chi connectivity index (χ1v) is 6.87. The van der Waals surface area contributed by atoms with Gasteiger partial charge in [0, 0.05) is 31.7 Å². The van der Waals surface area contributed by atoms with Gasteiger partial charge < -0.3 is 10.1 Å². The van der Waals surface area contributed by atoms with E-state index < -0.39 is 0 Å². The maximum atomic E-state index is 5.55. The molecule has 1 aromatic carbocycles. The highest BCUT2D eigenvalue weighted by molar-refractivity contribution is 5.85. The Morgan fingerprint density at radius 2 is 1.95 bits per heavy atom. The molecule has 1 saturated heterocycles. The molecule has 3 nitrogen and oxygen atoms in total. The molecule has 2 atom stereocenters. The van der Waals surface area contributed by atoms with Crippen molar-refractivity contribution in [1.29, 1.82) is 0 Å². The lowest BCUT2D eigenvalue weighted by atomic mass is 10.1. The van der Waals surface area contributed by atoms with Crippen LogP contribution in [0.2, 0.25) is 0 Å². The van der Waals surface area contributed by atoms with Gasteiger partial charge in [0.1, 0.15) is 5.75 Å². The SMILES string of the molecule is CCOc1cccc(CN2CC(C)NC(C)C2)c1.Cl. The van der Waals surface area contributed by atoms with E-state index in [1.54, 1.807) is 0 Å². The fourth-order valence-corrected chi connectivity index (χ4v) is 2.73. The van der Waals surface area contributed by atoms with Crippen molar-refractivity contribution in [2.45, 2.75) is 39.4 Å². The van der Waals surface area contributed by atoms with E-state index in [9.17, 15) is 0 Å². The summed E-state index contributed by atoms with van der Waals surface area (Å²) in [5.41, 5.74) is 1.34. The topological polar surface area (TPSA) is 24.5 Å². The van der Waals surface area contributed by atoms with E-state index in [-0.39, 0.29) is 12.4 Å². The van der Waals surface area contributed by atoms with Crippen LogP contribution in [0.1, 0.15) is 26.3 Å². The lowest BCUT2D eigenvalue weighted by Gasteiger charge is -2.36. The third kappa shape index (κ3) is 5.01. The number of halogens is 1. The van der Waals surface area contributed by atoms with Gasteiger partial charge in [0.25, 0.3) is 0 Å². The van der Waals surface area contributed by atoms with Gasteiger partial charge in [-0.2, -0.15) is 0 Å². The molecule has 0 amide bonds. The quantitative estimate of drug-likeness (QED) is 0.920. The minimum absolute atomic E-state index is 0. The summed E-state index contributed by atoms with van der Waals surface area (Å²) in [6.45, 7) is 10.5. The molecule has 0 bridgehead atoms. The van der Waals surface area contributed by atoms with Crippen LogP contribution >= 0.6 is 12.4 Å². The number of benzene rings is 1. The molecule has 0 aromatic heterocycles. The van der Waals surface area contributed by atoms with Gasteiger partial charge in [-0.25, -0.2) is 0 Å². The summed E-state index contributed by atoms with van der Waals surface area (Å²) in [6.07, 6.45) is 0. The van der Waals surface area contributed by atoms with Gasteiger partial charge in [-0.15, -0.1) is 12.4 Å². The number of nitrogens with one attached hydrogen (secondary N) is 1. The maximum absolute atomic E-state index is 5.55. The first-order chi connectivity index (χ1) is 8.67. The third-order valence-corrected chi connectivity index (χ3v) is 3.25. The molecular weight excluding hydrogens is 260 g/mol. The lowest BCUT2D eigenvalue weighted by Crippen LogP contribution is -2.53. The molecule has 1 aliphatic heterocycles. The average molecular weight is 285 g/mol. The van der Waals surface area contributed by atoms with Crippen molar-refractivity contribution in [3.05, 3.63) is 29.8 Å². The fraction of sp³-hybridized carbons (Fsp3) is 0.600. The minimum Gasteiger partial charge on any atom is -0.494 e. The Morgan fingerprint density at radius 3 is 2.58 bits per heavy atom. The molecule has 4 heteroatoms.